The van der Waals surface area contributed by atoms with E-state index in [9.17, 15) is 9.59 Å². The smallest absolute Gasteiger partial charge is 0.303 e. The summed E-state index contributed by atoms with van der Waals surface area (Å²) in [5, 5.41) is 9.10. The molecule has 1 fully saturated rings. The number of Topliss-reactive ketones (excluding diaryl/α,β-unsaturated/α-hetero) is 1. The lowest BCUT2D eigenvalue weighted by Crippen LogP contribution is -2.55. The highest BCUT2D eigenvalue weighted by atomic mass is 16.4. The van der Waals surface area contributed by atoms with Crippen LogP contribution in [-0.2, 0) is 9.59 Å². The second kappa shape index (κ2) is 6.71. The molecular formula is C25H36O3. The zero-order chi connectivity index (χ0) is 21.1. The molecule has 0 radical (unpaired) electrons. The summed E-state index contributed by atoms with van der Waals surface area (Å²) in [6.07, 6.45) is 8.47. The van der Waals surface area contributed by atoms with Gasteiger partial charge < -0.3 is 5.11 Å². The highest BCUT2D eigenvalue weighted by Crippen LogP contribution is 2.67. The van der Waals surface area contributed by atoms with Crippen LogP contribution in [0.15, 0.2) is 35.5 Å². The zero-order valence-electron chi connectivity index (χ0n) is 18.4. The van der Waals surface area contributed by atoms with Gasteiger partial charge in [-0.3, -0.25) is 9.59 Å². The highest BCUT2D eigenvalue weighted by Gasteiger charge is 2.60. The van der Waals surface area contributed by atoms with Crippen molar-refractivity contribution in [3.8, 4) is 0 Å². The third-order valence-electron chi connectivity index (χ3n) is 8.45. The summed E-state index contributed by atoms with van der Waals surface area (Å²) in [7, 11) is 0. The summed E-state index contributed by atoms with van der Waals surface area (Å²) >= 11 is 0. The maximum atomic E-state index is 12.9. The van der Waals surface area contributed by atoms with Gasteiger partial charge in [-0.05, 0) is 61.3 Å². The van der Waals surface area contributed by atoms with E-state index in [0.29, 0.717) is 18.3 Å². The van der Waals surface area contributed by atoms with E-state index in [4.69, 9.17) is 5.11 Å². The Kier molecular flexibility index (Phi) is 5.05. The molecule has 3 aliphatic rings. The Bertz CT molecular complexity index is 784. The molecule has 0 spiro atoms. The Balaban J connectivity index is 2.08. The fourth-order valence-corrected chi connectivity index (χ4v) is 7.03. The van der Waals surface area contributed by atoms with Gasteiger partial charge in [0, 0.05) is 17.3 Å². The van der Waals surface area contributed by atoms with E-state index in [1.807, 2.05) is 6.92 Å². The topological polar surface area (TPSA) is 54.4 Å². The standard InChI is InChI=1S/C25H36O3/c1-15-13-20-24(6,18(17(15)3)9-8-10-21(26)27)12-11-19-23(4,5)22(28)16(2)14-25(19,20)7/h13-14,17-19H,1,8-12H2,2-7H3,(H,26,27)/t17-,18+,19?,24?,25?/m0/s1. The monoisotopic (exact) mass is 384 g/mol. The van der Waals surface area contributed by atoms with Crippen molar-refractivity contribution in [2.45, 2.75) is 73.6 Å². The van der Waals surface area contributed by atoms with Crippen LogP contribution in [0.1, 0.15) is 73.6 Å². The molecule has 3 nitrogen and oxygen atoms in total. The minimum atomic E-state index is -0.718. The minimum absolute atomic E-state index is 0.0254. The van der Waals surface area contributed by atoms with Crippen molar-refractivity contribution in [3.05, 3.63) is 35.5 Å². The molecule has 0 amide bonds. The fraction of sp³-hybridized carbons (Fsp3) is 0.680. The number of aliphatic carboxylic acids is 1. The van der Waals surface area contributed by atoms with Crippen LogP contribution in [0, 0.1) is 34.0 Å². The first-order chi connectivity index (χ1) is 12.9. The van der Waals surface area contributed by atoms with Crippen LogP contribution in [0.2, 0.25) is 0 Å². The Labute approximate surface area is 170 Å². The molecule has 3 aliphatic carbocycles. The number of fused-ring (bicyclic) bond motifs is 3. The van der Waals surface area contributed by atoms with E-state index in [0.717, 1.165) is 30.4 Å². The van der Waals surface area contributed by atoms with Gasteiger partial charge in [0.2, 0.25) is 0 Å². The Morgan fingerprint density at radius 3 is 2.54 bits per heavy atom. The number of hydrogen-bond donors (Lipinski definition) is 1. The van der Waals surface area contributed by atoms with Crippen molar-refractivity contribution in [2.24, 2.45) is 34.0 Å². The second-order valence-corrected chi connectivity index (χ2v) is 10.5. The summed E-state index contributed by atoms with van der Waals surface area (Å²) in [5.41, 5.74) is 2.95. The van der Waals surface area contributed by atoms with Crippen LogP contribution >= 0.6 is 0 Å². The molecular weight excluding hydrogens is 348 g/mol. The van der Waals surface area contributed by atoms with Crippen LogP contribution in [0.3, 0.4) is 0 Å². The molecule has 0 aromatic heterocycles. The molecule has 1 N–H and O–H groups in total. The Morgan fingerprint density at radius 1 is 1.29 bits per heavy atom. The summed E-state index contributed by atoms with van der Waals surface area (Å²) < 4.78 is 0. The number of carboxylic acids is 1. The first-order valence-corrected chi connectivity index (χ1v) is 10.7. The van der Waals surface area contributed by atoms with Crippen LogP contribution in [-0.4, -0.2) is 16.9 Å². The molecule has 0 heterocycles. The third kappa shape index (κ3) is 2.93. The summed E-state index contributed by atoms with van der Waals surface area (Å²) in [6, 6.07) is 0. The molecule has 1 saturated carbocycles. The van der Waals surface area contributed by atoms with Crippen LogP contribution in [0.5, 0.6) is 0 Å². The Hall–Kier alpha value is -1.64. The van der Waals surface area contributed by atoms with Crippen molar-refractivity contribution in [1.29, 1.82) is 0 Å². The predicted octanol–water partition coefficient (Wildman–Crippen LogP) is 5.97. The van der Waals surface area contributed by atoms with E-state index in [-0.39, 0.29) is 34.4 Å². The van der Waals surface area contributed by atoms with Crippen molar-refractivity contribution in [3.63, 3.8) is 0 Å². The molecule has 3 unspecified atom stereocenters. The third-order valence-corrected chi connectivity index (χ3v) is 8.45. The molecule has 0 saturated heterocycles. The highest BCUT2D eigenvalue weighted by molar-refractivity contribution is 6.00. The molecule has 0 aromatic rings. The number of rotatable bonds is 4. The van der Waals surface area contributed by atoms with E-state index in [1.54, 1.807) is 0 Å². The molecule has 0 bridgehead atoms. The van der Waals surface area contributed by atoms with Crippen molar-refractivity contribution >= 4 is 11.8 Å². The summed E-state index contributed by atoms with van der Waals surface area (Å²) in [5.74, 6) is 0.596. The van der Waals surface area contributed by atoms with E-state index >= 15 is 0 Å². The number of carbonyl (C=O) groups excluding carboxylic acids is 1. The number of allylic oxidation sites excluding steroid dienone is 5. The lowest BCUT2D eigenvalue weighted by molar-refractivity contribution is -0.137. The van der Waals surface area contributed by atoms with Crippen LogP contribution in [0.25, 0.3) is 0 Å². The largest absolute Gasteiger partial charge is 0.481 e. The van der Waals surface area contributed by atoms with E-state index < -0.39 is 5.97 Å². The van der Waals surface area contributed by atoms with Crippen molar-refractivity contribution in [1.82, 2.24) is 0 Å². The molecule has 0 aliphatic heterocycles. The summed E-state index contributed by atoms with van der Waals surface area (Å²) in [6.45, 7) is 17.5. The number of carbonyl (C=O) groups is 2. The van der Waals surface area contributed by atoms with Crippen molar-refractivity contribution < 1.29 is 14.7 Å². The fourth-order valence-electron chi connectivity index (χ4n) is 7.03. The van der Waals surface area contributed by atoms with Gasteiger partial charge in [-0.1, -0.05) is 64.5 Å². The number of hydrogen-bond acceptors (Lipinski definition) is 2. The lowest BCUT2D eigenvalue weighted by Gasteiger charge is -2.61. The molecule has 154 valence electrons. The van der Waals surface area contributed by atoms with Gasteiger partial charge in [0.1, 0.15) is 0 Å². The normalized spacial score (nSPS) is 39.6. The van der Waals surface area contributed by atoms with Crippen LogP contribution < -0.4 is 0 Å². The first kappa shape index (κ1) is 21.1. The summed E-state index contributed by atoms with van der Waals surface area (Å²) in [4.78, 5) is 24.0. The lowest BCUT2D eigenvalue weighted by atomic mass is 9.42. The maximum Gasteiger partial charge on any atom is 0.303 e. The van der Waals surface area contributed by atoms with Gasteiger partial charge >= 0.3 is 5.97 Å². The van der Waals surface area contributed by atoms with E-state index in [1.165, 1.54) is 5.57 Å². The SMILES string of the molecule is C=C1C=C2C3(C)C=C(C)C(=O)C(C)(C)C3CCC2(C)[C@H](CCCC(=O)O)[C@H]1C. The quantitative estimate of drug-likeness (QED) is 0.650. The van der Waals surface area contributed by atoms with Gasteiger partial charge in [-0.15, -0.1) is 0 Å². The van der Waals surface area contributed by atoms with Gasteiger partial charge in [0.15, 0.2) is 5.78 Å². The number of ketones is 1. The van der Waals surface area contributed by atoms with Gasteiger partial charge in [0.05, 0.1) is 0 Å². The molecule has 0 aromatic carbocycles. The predicted molar refractivity (Wildman–Crippen MR) is 113 cm³/mol. The van der Waals surface area contributed by atoms with Crippen molar-refractivity contribution in [2.75, 3.05) is 0 Å². The number of carboxylic acid groups (broad SMARTS) is 1. The minimum Gasteiger partial charge on any atom is -0.481 e. The van der Waals surface area contributed by atoms with E-state index in [2.05, 4.69) is 53.3 Å². The van der Waals surface area contributed by atoms with Gasteiger partial charge in [0.25, 0.3) is 0 Å². The van der Waals surface area contributed by atoms with Gasteiger partial charge in [-0.2, -0.15) is 0 Å². The molecule has 5 atom stereocenters. The average molecular weight is 385 g/mol. The average Bonchev–Trinajstić information content (AvgIpc) is 2.58. The molecule has 3 heteroatoms. The first-order valence-electron chi connectivity index (χ1n) is 10.7. The maximum absolute atomic E-state index is 12.9. The van der Waals surface area contributed by atoms with Gasteiger partial charge in [-0.25, -0.2) is 0 Å². The molecule has 28 heavy (non-hydrogen) atoms. The molecule has 3 rings (SSSR count). The Morgan fingerprint density at radius 2 is 1.93 bits per heavy atom. The zero-order valence-corrected chi connectivity index (χ0v) is 18.4. The van der Waals surface area contributed by atoms with Crippen LogP contribution in [0.4, 0.5) is 0 Å². The second-order valence-electron chi connectivity index (χ2n) is 10.5.